The van der Waals surface area contributed by atoms with Crippen molar-refractivity contribution in [3.63, 3.8) is 0 Å². The number of hydrogen-bond donors (Lipinski definition) is 1. The van der Waals surface area contributed by atoms with Crippen LogP contribution in [0.1, 0.15) is 28.4 Å². The molecule has 0 radical (unpaired) electrons. The lowest BCUT2D eigenvalue weighted by molar-refractivity contribution is -0.142. The van der Waals surface area contributed by atoms with Gasteiger partial charge in [-0.3, -0.25) is 9.59 Å². The number of benzene rings is 2. The van der Waals surface area contributed by atoms with E-state index in [0.29, 0.717) is 5.56 Å². The third kappa shape index (κ3) is 5.61. The van der Waals surface area contributed by atoms with Gasteiger partial charge in [-0.2, -0.15) is 0 Å². The van der Waals surface area contributed by atoms with Gasteiger partial charge in [0.25, 0.3) is 5.91 Å². The molecule has 0 saturated heterocycles. The van der Waals surface area contributed by atoms with Crippen LogP contribution in [0.15, 0.2) is 53.4 Å². The summed E-state index contributed by atoms with van der Waals surface area (Å²) in [5.41, 5.74) is 1.64. The van der Waals surface area contributed by atoms with Gasteiger partial charge in [0.15, 0.2) is 5.44 Å². The van der Waals surface area contributed by atoms with Gasteiger partial charge in [-0.05, 0) is 42.3 Å². The molecule has 0 heterocycles. The average molecular weight is 373 g/mol. The summed E-state index contributed by atoms with van der Waals surface area (Å²) in [7, 11) is 1.67. The third-order valence-electron chi connectivity index (χ3n) is 3.84. The van der Waals surface area contributed by atoms with E-state index >= 15 is 0 Å². The third-order valence-corrected chi connectivity index (χ3v) is 4.90. The Labute approximate surface area is 158 Å². The second-order valence-electron chi connectivity index (χ2n) is 5.95. The zero-order valence-electron chi connectivity index (χ0n) is 15.1. The first-order chi connectivity index (χ1) is 12.4. The number of aliphatic hydroxyl groups is 1. The van der Waals surface area contributed by atoms with Crippen LogP contribution in [0.3, 0.4) is 0 Å². The highest BCUT2D eigenvalue weighted by molar-refractivity contribution is 7.99. The molecule has 0 bridgehead atoms. The Morgan fingerprint density at radius 1 is 1.19 bits per heavy atom. The van der Waals surface area contributed by atoms with Gasteiger partial charge >= 0.3 is 5.97 Å². The minimum Gasteiger partial charge on any atom is -0.449 e. The van der Waals surface area contributed by atoms with Gasteiger partial charge < -0.3 is 14.7 Å². The second-order valence-corrected chi connectivity index (χ2v) is 7.19. The number of likely N-dealkylation sites (N-methyl/N-ethyl adjacent to an activating group) is 1. The SMILES string of the molecule is CC(=O)OC(CN(C)C(=O)c1ccc(C)c(CO)c1)Sc1ccccc1. The number of aliphatic hydroxyl groups excluding tert-OH is 1. The maximum atomic E-state index is 12.7. The van der Waals surface area contributed by atoms with E-state index in [9.17, 15) is 14.7 Å². The number of ether oxygens (including phenoxy) is 1. The first-order valence-electron chi connectivity index (χ1n) is 8.25. The minimum absolute atomic E-state index is 0.114. The van der Waals surface area contributed by atoms with Gasteiger partial charge in [0.2, 0.25) is 0 Å². The number of nitrogens with zero attached hydrogens (tertiary/aromatic N) is 1. The lowest BCUT2D eigenvalue weighted by atomic mass is 10.0. The Hall–Kier alpha value is -2.31. The largest absolute Gasteiger partial charge is 0.449 e. The standard InChI is InChI=1S/C20H23NO4S/c1-14-9-10-16(11-17(14)13-22)20(24)21(3)12-19(25-15(2)23)26-18-7-5-4-6-8-18/h4-11,19,22H,12-13H2,1-3H3. The van der Waals surface area contributed by atoms with Crippen molar-refractivity contribution in [1.82, 2.24) is 4.90 Å². The summed E-state index contributed by atoms with van der Waals surface area (Å²) in [6.45, 7) is 3.38. The van der Waals surface area contributed by atoms with Crippen molar-refractivity contribution in [2.75, 3.05) is 13.6 Å². The van der Waals surface area contributed by atoms with Crippen LogP contribution in [0.25, 0.3) is 0 Å². The molecule has 0 aromatic heterocycles. The summed E-state index contributed by atoms with van der Waals surface area (Å²) in [4.78, 5) is 26.6. The van der Waals surface area contributed by atoms with Crippen molar-refractivity contribution < 1.29 is 19.4 Å². The fraction of sp³-hybridized carbons (Fsp3) is 0.300. The number of amides is 1. The molecule has 1 N–H and O–H groups in total. The molecular weight excluding hydrogens is 350 g/mol. The molecule has 0 aliphatic heterocycles. The molecule has 0 aliphatic rings. The maximum absolute atomic E-state index is 12.7. The number of hydrogen-bond acceptors (Lipinski definition) is 5. The van der Waals surface area contributed by atoms with Crippen LogP contribution in [-0.2, 0) is 16.1 Å². The van der Waals surface area contributed by atoms with Crippen molar-refractivity contribution >= 4 is 23.6 Å². The van der Waals surface area contributed by atoms with Gasteiger partial charge in [-0.15, -0.1) is 0 Å². The summed E-state index contributed by atoms with van der Waals surface area (Å²) in [6, 6.07) is 14.8. The summed E-state index contributed by atoms with van der Waals surface area (Å²) < 4.78 is 5.37. The highest BCUT2D eigenvalue weighted by atomic mass is 32.2. The van der Waals surface area contributed by atoms with Crippen LogP contribution < -0.4 is 0 Å². The molecule has 1 atom stereocenters. The monoisotopic (exact) mass is 373 g/mol. The van der Waals surface area contributed by atoms with Crippen molar-refractivity contribution in [2.24, 2.45) is 0 Å². The van der Waals surface area contributed by atoms with Gasteiger partial charge in [-0.1, -0.05) is 36.0 Å². The molecule has 2 rings (SSSR count). The van der Waals surface area contributed by atoms with E-state index in [-0.39, 0.29) is 19.1 Å². The Morgan fingerprint density at radius 3 is 2.50 bits per heavy atom. The van der Waals surface area contributed by atoms with E-state index in [4.69, 9.17) is 4.74 Å². The van der Waals surface area contributed by atoms with E-state index in [1.165, 1.54) is 23.6 Å². The predicted molar refractivity (Wildman–Crippen MR) is 102 cm³/mol. The van der Waals surface area contributed by atoms with E-state index < -0.39 is 11.4 Å². The van der Waals surface area contributed by atoms with Crippen LogP contribution in [0.4, 0.5) is 0 Å². The molecule has 1 unspecified atom stereocenters. The Kier molecular flexibility index (Phi) is 7.24. The molecule has 0 fully saturated rings. The molecule has 6 heteroatoms. The van der Waals surface area contributed by atoms with Gasteiger partial charge in [0, 0.05) is 24.4 Å². The van der Waals surface area contributed by atoms with Crippen LogP contribution in [-0.4, -0.2) is 40.9 Å². The van der Waals surface area contributed by atoms with Crippen molar-refractivity contribution in [2.45, 2.75) is 30.8 Å². The first-order valence-corrected chi connectivity index (χ1v) is 9.13. The normalized spacial score (nSPS) is 11.7. The summed E-state index contributed by atoms with van der Waals surface area (Å²) >= 11 is 1.39. The highest BCUT2D eigenvalue weighted by Gasteiger charge is 2.21. The number of aryl methyl sites for hydroxylation is 1. The van der Waals surface area contributed by atoms with E-state index in [2.05, 4.69) is 0 Å². The Balaban J connectivity index is 2.11. The lowest BCUT2D eigenvalue weighted by Gasteiger charge is -2.24. The van der Waals surface area contributed by atoms with E-state index in [1.54, 1.807) is 19.2 Å². The zero-order chi connectivity index (χ0) is 19.1. The average Bonchev–Trinajstić information content (AvgIpc) is 2.61. The van der Waals surface area contributed by atoms with Crippen LogP contribution in [0.2, 0.25) is 0 Å². The van der Waals surface area contributed by atoms with Gasteiger partial charge in [0.1, 0.15) is 0 Å². The summed E-state index contributed by atoms with van der Waals surface area (Å²) in [5.74, 6) is -0.581. The topological polar surface area (TPSA) is 66.8 Å². The van der Waals surface area contributed by atoms with E-state index in [1.807, 2.05) is 43.3 Å². The van der Waals surface area contributed by atoms with Gasteiger partial charge in [-0.25, -0.2) is 0 Å². The molecule has 2 aromatic rings. The Bertz CT molecular complexity index is 764. The molecule has 0 aliphatic carbocycles. The van der Waals surface area contributed by atoms with Gasteiger partial charge in [0.05, 0.1) is 13.2 Å². The molecule has 0 spiro atoms. The number of esters is 1. The molecule has 0 saturated carbocycles. The maximum Gasteiger partial charge on any atom is 0.303 e. The fourth-order valence-electron chi connectivity index (χ4n) is 2.44. The Morgan fingerprint density at radius 2 is 1.88 bits per heavy atom. The summed E-state index contributed by atoms with van der Waals surface area (Å²) in [5, 5.41) is 9.39. The van der Waals surface area contributed by atoms with E-state index in [0.717, 1.165) is 16.0 Å². The number of thioether (sulfide) groups is 1. The molecule has 2 aromatic carbocycles. The van der Waals surface area contributed by atoms with Crippen LogP contribution >= 0.6 is 11.8 Å². The number of carbonyl (C=O) groups is 2. The minimum atomic E-state index is -0.508. The predicted octanol–water partition coefficient (Wildman–Crippen LogP) is 3.24. The smallest absolute Gasteiger partial charge is 0.303 e. The van der Waals surface area contributed by atoms with Crippen molar-refractivity contribution in [1.29, 1.82) is 0 Å². The molecule has 5 nitrogen and oxygen atoms in total. The fourth-order valence-corrected chi connectivity index (χ4v) is 3.54. The molecular formula is C20H23NO4S. The molecule has 138 valence electrons. The molecule has 26 heavy (non-hydrogen) atoms. The summed E-state index contributed by atoms with van der Waals surface area (Å²) in [6.07, 6.45) is 0. The first kappa shape index (κ1) is 20.0. The van der Waals surface area contributed by atoms with Crippen LogP contribution in [0.5, 0.6) is 0 Å². The number of carbonyl (C=O) groups excluding carboxylic acids is 2. The van der Waals surface area contributed by atoms with Crippen molar-refractivity contribution in [3.8, 4) is 0 Å². The van der Waals surface area contributed by atoms with Crippen LogP contribution in [0, 0.1) is 6.92 Å². The zero-order valence-corrected chi connectivity index (χ0v) is 16.0. The second kappa shape index (κ2) is 9.40. The quantitative estimate of drug-likeness (QED) is 0.458. The number of rotatable bonds is 7. The lowest BCUT2D eigenvalue weighted by Crippen LogP contribution is -2.35. The van der Waals surface area contributed by atoms with Crippen molar-refractivity contribution in [3.05, 3.63) is 65.2 Å². The highest BCUT2D eigenvalue weighted by Crippen LogP contribution is 2.25. The molecule has 1 amide bonds.